The van der Waals surface area contributed by atoms with Crippen LogP contribution in [0.5, 0.6) is 0 Å². The molecule has 1 N–H and O–H groups in total. The topological polar surface area (TPSA) is 104 Å². The Bertz CT molecular complexity index is 972. The van der Waals surface area contributed by atoms with Crippen LogP contribution in [0.25, 0.3) is 0 Å². The lowest BCUT2D eigenvalue weighted by Crippen LogP contribution is -2.49. The second kappa shape index (κ2) is 9.89. The maximum atomic E-state index is 12.9. The van der Waals surface area contributed by atoms with E-state index in [0.717, 1.165) is 11.1 Å². The van der Waals surface area contributed by atoms with Gasteiger partial charge in [-0.25, -0.2) is 0 Å². The van der Waals surface area contributed by atoms with E-state index in [1.54, 1.807) is 4.90 Å². The molecule has 1 atom stereocenters. The summed E-state index contributed by atoms with van der Waals surface area (Å²) >= 11 is 6.11. The molecule has 0 aromatic heterocycles. The van der Waals surface area contributed by atoms with Gasteiger partial charge >= 0.3 is 5.97 Å². The molecule has 1 aliphatic rings. The molecule has 1 saturated heterocycles. The number of hydrogen-bond donors (Lipinski definition) is 1. The van der Waals surface area contributed by atoms with Crippen LogP contribution in [-0.2, 0) is 4.79 Å². The van der Waals surface area contributed by atoms with Crippen molar-refractivity contribution in [1.29, 1.82) is 0 Å². The summed E-state index contributed by atoms with van der Waals surface area (Å²) < 4.78 is 0. The van der Waals surface area contributed by atoms with E-state index in [-0.39, 0.29) is 34.6 Å². The number of non-ortho nitro benzene ring substituents is 1. The van der Waals surface area contributed by atoms with Crippen LogP contribution in [0, 0.1) is 17.0 Å². The Kier molecular flexibility index (Phi) is 7.25. The van der Waals surface area contributed by atoms with Crippen LogP contribution in [0.1, 0.15) is 40.4 Å². The van der Waals surface area contributed by atoms with Crippen LogP contribution in [-0.4, -0.2) is 57.9 Å². The van der Waals surface area contributed by atoms with Crippen LogP contribution < -0.4 is 0 Å². The standard InChI is InChI=1S/C22H24ClN3O5/c1-15-2-4-16(5-3-15)20(8-9-21(27)28)24-10-12-25(13-11-24)22(29)18-7-6-17(26(30)31)14-19(18)23/h2-7,14,20H,8-13H2,1H3,(H,27,28)/t20-/m0/s1. The molecule has 31 heavy (non-hydrogen) atoms. The summed E-state index contributed by atoms with van der Waals surface area (Å²) in [6.07, 6.45) is 0.552. The first-order valence-corrected chi connectivity index (χ1v) is 10.4. The van der Waals surface area contributed by atoms with Gasteiger partial charge in [0.1, 0.15) is 0 Å². The van der Waals surface area contributed by atoms with E-state index in [4.69, 9.17) is 16.7 Å². The number of aryl methyl sites for hydroxylation is 1. The molecule has 1 heterocycles. The number of rotatable bonds is 7. The molecule has 0 bridgehead atoms. The molecule has 3 rings (SSSR count). The molecule has 8 nitrogen and oxygen atoms in total. The first-order chi connectivity index (χ1) is 14.8. The number of nitro benzene ring substituents is 1. The van der Waals surface area contributed by atoms with Gasteiger partial charge < -0.3 is 10.0 Å². The van der Waals surface area contributed by atoms with Gasteiger partial charge in [-0.1, -0.05) is 41.4 Å². The highest BCUT2D eigenvalue weighted by molar-refractivity contribution is 6.34. The fourth-order valence-corrected chi connectivity index (χ4v) is 4.06. The van der Waals surface area contributed by atoms with Crippen molar-refractivity contribution in [2.24, 2.45) is 0 Å². The average Bonchev–Trinajstić information content (AvgIpc) is 2.74. The molecule has 1 amide bonds. The molecule has 164 valence electrons. The van der Waals surface area contributed by atoms with Crippen LogP contribution in [0.4, 0.5) is 5.69 Å². The summed E-state index contributed by atoms with van der Waals surface area (Å²) in [7, 11) is 0. The zero-order valence-corrected chi connectivity index (χ0v) is 17.9. The lowest BCUT2D eigenvalue weighted by Gasteiger charge is -2.39. The number of amides is 1. The van der Waals surface area contributed by atoms with Crippen molar-refractivity contribution in [3.63, 3.8) is 0 Å². The third-order valence-corrected chi connectivity index (χ3v) is 5.84. The van der Waals surface area contributed by atoms with Gasteiger partial charge in [0.05, 0.1) is 15.5 Å². The number of nitrogens with zero attached hydrogens (tertiary/aromatic N) is 3. The van der Waals surface area contributed by atoms with Crippen LogP contribution in [0.15, 0.2) is 42.5 Å². The summed E-state index contributed by atoms with van der Waals surface area (Å²) in [5, 5.41) is 20.1. The van der Waals surface area contributed by atoms with E-state index >= 15 is 0 Å². The zero-order valence-electron chi connectivity index (χ0n) is 17.2. The molecule has 2 aromatic rings. The molecule has 1 aliphatic heterocycles. The predicted octanol–water partition coefficient (Wildman–Crippen LogP) is 3.92. The number of halogens is 1. The minimum absolute atomic E-state index is 0.0445. The molecular formula is C22H24ClN3O5. The normalized spacial score (nSPS) is 15.5. The van der Waals surface area contributed by atoms with Crippen molar-refractivity contribution in [3.05, 3.63) is 74.3 Å². The Labute approximate surface area is 185 Å². The van der Waals surface area contributed by atoms with E-state index in [9.17, 15) is 19.7 Å². The van der Waals surface area contributed by atoms with E-state index < -0.39 is 10.9 Å². The highest BCUT2D eigenvalue weighted by Gasteiger charge is 2.29. The number of aliphatic carboxylic acids is 1. The van der Waals surface area contributed by atoms with Gasteiger partial charge in [-0.15, -0.1) is 0 Å². The molecule has 0 radical (unpaired) electrons. The first kappa shape index (κ1) is 22.7. The molecule has 0 saturated carbocycles. The SMILES string of the molecule is Cc1ccc([C@H](CCC(=O)O)N2CCN(C(=O)c3ccc([N+](=O)[O-])cc3Cl)CC2)cc1. The van der Waals surface area contributed by atoms with Crippen molar-refractivity contribution in [1.82, 2.24) is 9.80 Å². The number of carboxylic acids is 1. The van der Waals surface area contributed by atoms with Gasteiger partial charge in [0.2, 0.25) is 0 Å². The Morgan fingerprint density at radius 1 is 1.13 bits per heavy atom. The van der Waals surface area contributed by atoms with E-state index in [0.29, 0.717) is 32.6 Å². The Balaban J connectivity index is 1.69. The number of hydrogen-bond acceptors (Lipinski definition) is 5. The molecule has 9 heteroatoms. The molecule has 0 unspecified atom stereocenters. The number of carbonyl (C=O) groups excluding carboxylic acids is 1. The molecule has 1 fully saturated rings. The maximum Gasteiger partial charge on any atom is 0.303 e. The smallest absolute Gasteiger partial charge is 0.303 e. The monoisotopic (exact) mass is 445 g/mol. The van der Waals surface area contributed by atoms with Crippen molar-refractivity contribution < 1.29 is 19.6 Å². The summed E-state index contributed by atoms with van der Waals surface area (Å²) in [5.41, 5.74) is 2.27. The summed E-state index contributed by atoms with van der Waals surface area (Å²) in [6, 6.07) is 11.9. The van der Waals surface area contributed by atoms with Crippen molar-refractivity contribution in [3.8, 4) is 0 Å². The van der Waals surface area contributed by atoms with Gasteiger partial charge in [0.25, 0.3) is 11.6 Å². The lowest BCUT2D eigenvalue weighted by atomic mass is 9.98. The summed E-state index contributed by atoms with van der Waals surface area (Å²) in [4.78, 5) is 38.2. The van der Waals surface area contributed by atoms with E-state index in [2.05, 4.69) is 4.90 Å². The minimum Gasteiger partial charge on any atom is -0.481 e. The van der Waals surface area contributed by atoms with Crippen LogP contribution >= 0.6 is 11.6 Å². The highest BCUT2D eigenvalue weighted by atomic mass is 35.5. The Morgan fingerprint density at radius 2 is 1.77 bits per heavy atom. The van der Waals surface area contributed by atoms with Crippen LogP contribution in [0.2, 0.25) is 5.02 Å². The fraction of sp³-hybridized carbons (Fsp3) is 0.364. The van der Waals surface area contributed by atoms with Gasteiger partial charge in [0.15, 0.2) is 0 Å². The largest absolute Gasteiger partial charge is 0.481 e. The van der Waals surface area contributed by atoms with Crippen molar-refractivity contribution in [2.75, 3.05) is 26.2 Å². The number of nitro groups is 1. The summed E-state index contributed by atoms with van der Waals surface area (Å²) in [5.74, 6) is -1.10. The highest BCUT2D eigenvalue weighted by Crippen LogP contribution is 2.29. The number of piperazine rings is 1. The molecule has 2 aromatic carbocycles. The molecule has 0 aliphatic carbocycles. The van der Waals surface area contributed by atoms with Gasteiger partial charge in [-0.2, -0.15) is 0 Å². The van der Waals surface area contributed by atoms with E-state index in [1.165, 1.54) is 18.2 Å². The first-order valence-electron chi connectivity index (χ1n) is 10.0. The Hall–Kier alpha value is -2.97. The predicted molar refractivity (Wildman–Crippen MR) is 116 cm³/mol. The van der Waals surface area contributed by atoms with Gasteiger partial charge in [-0.05, 0) is 25.0 Å². The number of carbonyl (C=O) groups is 2. The molecule has 0 spiro atoms. The molecular weight excluding hydrogens is 422 g/mol. The number of benzene rings is 2. The third kappa shape index (κ3) is 5.59. The Morgan fingerprint density at radius 3 is 2.32 bits per heavy atom. The van der Waals surface area contributed by atoms with E-state index in [1.807, 2.05) is 31.2 Å². The second-order valence-electron chi connectivity index (χ2n) is 7.61. The van der Waals surface area contributed by atoms with Crippen LogP contribution in [0.3, 0.4) is 0 Å². The van der Waals surface area contributed by atoms with Crippen molar-refractivity contribution in [2.45, 2.75) is 25.8 Å². The third-order valence-electron chi connectivity index (χ3n) is 5.53. The van der Waals surface area contributed by atoms with Crippen molar-refractivity contribution >= 4 is 29.2 Å². The fourth-order valence-electron chi connectivity index (χ4n) is 3.81. The number of carboxylic acid groups (broad SMARTS) is 1. The second-order valence-corrected chi connectivity index (χ2v) is 8.02. The van der Waals surface area contributed by atoms with Gasteiger partial charge in [0, 0.05) is 50.8 Å². The lowest BCUT2D eigenvalue weighted by molar-refractivity contribution is -0.384. The van der Waals surface area contributed by atoms with Gasteiger partial charge in [-0.3, -0.25) is 24.6 Å². The summed E-state index contributed by atoms with van der Waals surface area (Å²) in [6.45, 7) is 4.11. The average molecular weight is 446 g/mol. The maximum absolute atomic E-state index is 12.9. The quantitative estimate of drug-likeness (QED) is 0.511. The zero-order chi connectivity index (χ0) is 22.5. The minimum atomic E-state index is -0.835.